The van der Waals surface area contributed by atoms with Crippen LogP contribution in [-0.4, -0.2) is 35.3 Å². The number of carbonyl (C=O) groups excluding carboxylic acids is 1. The van der Waals surface area contributed by atoms with Crippen molar-refractivity contribution < 1.29 is 9.53 Å². The third kappa shape index (κ3) is 5.02. The lowest BCUT2D eigenvalue weighted by atomic mass is 10.1. The number of carbonyl (C=O) groups is 1. The fraction of sp³-hybridized carbons (Fsp3) is 0.333. The van der Waals surface area contributed by atoms with Gasteiger partial charge in [-0.05, 0) is 43.0 Å². The van der Waals surface area contributed by atoms with Gasteiger partial charge in [-0.3, -0.25) is 4.79 Å². The fourth-order valence-corrected chi connectivity index (χ4v) is 4.56. The first-order valence-electron chi connectivity index (χ1n) is 9.04. The number of nitrogens with zero attached hydrogens (tertiary/aromatic N) is 1. The van der Waals surface area contributed by atoms with Gasteiger partial charge in [0, 0.05) is 13.1 Å². The number of hydrogen-bond acceptors (Lipinski definition) is 4. The van der Waals surface area contributed by atoms with Crippen molar-refractivity contribution in [3.05, 3.63) is 59.7 Å². The van der Waals surface area contributed by atoms with Crippen LogP contribution in [0.3, 0.4) is 0 Å². The van der Waals surface area contributed by atoms with E-state index in [1.807, 2.05) is 55.5 Å². The zero-order valence-electron chi connectivity index (χ0n) is 15.6. The summed E-state index contributed by atoms with van der Waals surface area (Å²) < 4.78 is 6.18. The lowest BCUT2D eigenvalue weighted by molar-refractivity contribution is -0.115. The number of likely N-dealkylation sites (tertiary alicyclic amines) is 1. The predicted molar refractivity (Wildman–Crippen MR) is 117 cm³/mol. The van der Waals surface area contributed by atoms with E-state index in [2.05, 4.69) is 10.2 Å². The highest BCUT2D eigenvalue weighted by Gasteiger charge is 2.27. The van der Waals surface area contributed by atoms with Gasteiger partial charge in [0.1, 0.15) is 15.3 Å². The Hall–Kier alpha value is -2.05. The molecule has 1 amide bonds. The second-order valence-corrected chi connectivity index (χ2v) is 8.30. The molecule has 1 saturated heterocycles. The largest absolute Gasteiger partial charge is 0.495 e. The molecule has 0 unspecified atom stereocenters. The van der Waals surface area contributed by atoms with Gasteiger partial charge in [-0.1, -0.05) is 60.4 Å². The van der Waals surface area contributed by atoms with Gasteiger partial charge in [0.2, 0.25) is 5.91 Å². The number of ether oxygens (including phenoxy) is 1. The molecule has 1 fully saturated rings. The zero-order valence-corrected chi connectivity index (χ0v) is 17.2. The minimum atomic E-state index is -0.412. The van der Waals surface area contributed by atoms with Gasteiger partial charge in [0.25, 0.3) is 0 Å². The van der Waals surface area contributed by atoms with Crippen molar-refractivity contribution in [2.75, 3.05) is 25.5 Å². The van der Waals surface area contributed by atoms with E-state index < -0.39 is 5.25 Å². The molecule has 27 heavy (non-hydrogen) atoms. The maximum Gasteiger partial charge on any atom is 0.242 e. The number of thioether (sulfide) groups is 1. The van der Waals surface area contributed by atoms with Gasteiger partial charge in [-0.25, -0.2) is 0 Å². The van der Waals surface area contributed by atoms with Crippen molar-refractivity contribution in [3.63, 3.8) is 0 Å². The van der Waals surface area contributed by atoms with Crippen LogP contribution in [0.2, 0.25) is 0 Å². The number of benzene rings is 2. The van der Waals surface area contributed by atoms with Gasteiger partial charge in [-0.2, -0.15) is 0 Å². The van der Waals surface area contributed by atoms with Crippen LogP contribution in [0.1, 0.15) is 29.2 Å². The Kier molecular flexibility index (Phi) is 6.74. The first-order valence-corrected chi connectivity index (χ1v) is 10.3. The number of rotatable bonds is 5. The molecular formula is C21H24N2O2S2. The van der Waals surface area contributed by atoms with Crippen LogP contribution in [0.15, 0.2) is 48.5 Å². The van der Waals surface area contributed by atoms with Crippen molar-refractivity contribution in [2.45, 2.75) is 25.0 Å². The Labute approximate surface area is 170 Å². The maximum atomic E-state index is 13.2. The molecule has 1 heterocycles. The van der Waals surface area contributed by atoms with Gasteiger partial charge in [-0.15, -0.1) is 0 Å². The van der Waals surface area contributed by atoms with Crippen molar-refractivity contribution in [1.82, 2.24) is 4.90 Å². The number of nitrogens with one attached hydrogen (secondary N) is 1. The minimum absolute atomic E-state index is 0.100. The number of thiocarbonyl (C=S) groups is 1. The standard InChI is InChI=1S/C21H24N2O2S2/c1-15-10-11-18(25-2)17(14-15)22-20(24)19(16-8-4-3-5-9-16)27-21(26)23-12-6-7-13-23/h3-5,8-11,14,19H,6-7,12-13H2,1-2H3,(H,22,24)/t19-/m0/s1. The lowest BCUT2D eigenvalue weighted by Gasteiger charge is -2.23. The summed E-state index contributed by atoms with van der Waals surface area (Å²) in [7, 11) is 1.60. The second kappa shape index (κ2) is 9.24. The SMILES string of the molecule is COc1ccc(C)cc1NC(=O)[C@@H](SC(=S)N1CCCC1)c1ccccc1. The predicted octanol–water partition coefficient (Wildman–Crippen LogP) is 4.80. The topological polar surface area (TPSA) is 41.6 Å². The zero-order chi connectivity index (χ0) is 19.2. The summed E-state index contributed by atoms with van der Waals surface area (Å²) >= 11 is 7.07. The van der Waals surface area contributed by atoms with Crippen LogP contribution < -0.4 is 10.1 Å². The molecule has 1 N–H and O–H groups in total. The van der Waals surface area contributed by atoms with Crippen LogP contribution in [0.25, 0.3) is 0 Å². The van der Waals surface area contributed by atoms with Gasteiger partial charge in [0.05, 0.1) is 12.8 Å². The minimum Gasteiger partial charge on any atom is -0.495 e. The number of methoxy groups -OCH3 is 1. The normalized spacial score (nSPS) is 14.7. The molecule has 4 nitrogen and oxygen atoms in total. The molecule has 2 aromatic rings. The number of aryl methyl sites for hydroxylation is 1. The number of anilines is 1. The molecule has 3 rings (SSSR count). The summed E-state index contributed by atoms with van der Waals surface area (Å²) in [5, 5.41) is 2.62. The molecule has 1 aliphatic heterocycles. The number of hydrogen-bond donors (Lipinski definition) is 1. The van der Waals surface area contributed by atoms with Crippen LogP contribution in [-0.2, 0) is 4.79 Å². The van der Waals surface area contributed by atoms with E-state index in [1.165, 1.54) is 11.8 Å². The van der Waals surface area contributed by atoms with E-state index in [9.17, 15) is 4.79 Å². The smallest absolute Gasteiger partial charge is 0.242 e. The molecule has 142 valence electrons. The summed E-state index contributed by atoms with van der Waals surface area (Å²) in [5.74, 6) is 0.546. The highest BCUT2D eigenvalue weighted by Crippen LogP contribution is 2.35. The molecule has 0 bridgehead atoms. The average molecular weight is 401 g/mol. The molecule has 6 heteroatoms. The summed E-state index contributed by atoms with van der Waals surface area (Å²) in [6.45, 7) is 3.93. The average Bonchev–Trinajstić information content (AvgIpc) is 3.21. The Morgan fingerprint density at radius 3 is 2.56 bits per heavy atom. The summed E-state index contributed by atoms with van der Waals surface area (Å²) in [6.07, 6.45) is 2.31. The number of amides is 1. The quantitative estimate of drug-likeness (QED) is 0.731. The van der Waals surface area contributed by atoms with Gasteiger partial charge >= 0.3 is 0 Å². The first-order chi connectivity index (χ1) is 13.1. The van der Waals surface area contributed by atoms with Crippen molar-refractivity contribution in [1.29, 1.82) is 0 Å². The Morgan fingerprint density at radius 2 is 1.89 bits per heavy atom. The third-order valence-corrected chi connectivity index (χ3v) is 6.26. The molecular weight excluding hydrogens is 376 g/mol. The van der Waals surface area contributed by atoms with Crippen molar-refractivity contribution >= 4 is 39.9 Å². The van der Waals surface area contributed by atoms with Crippen molar-refractivity contribution in [3.8, 4) is 5.75 Å². The highest BCUT2D eigenvalue weighted by atomic mass is 32.2. The Bertz CT molecular complexity index is 805. The maximum absolute atomic E-state index is 13.2. The molecule has 0 aliphatic carbocycles. The lowest BCUT2D eigenvalue weighted by Crippen LogP contribution is -2.27. The summed E-state index contributed by atoms with van der Waals surface area (Å²) in [5.41, 5.74) is 2.67. The molecule has 0 aromatic heterocycles. The van der Waals surface area contributed by atoms with E-state index in [1.54, 1.807) is 7.11 Å². The van der Waals surface area contributed by atoms with Crippen molar-refractivity contribution in [2.24, 2.45) is 0 Å². The van der Waals surface area contributed by atoms with E-state index in [-0.39, 0.29) is 5.91 Å². The van der Waals surface area contributed by atoms with Crippen LogP contribution in [0.4, 0.5) is 5.69 Å². The molecule has 1 aliphatic rings. The van der Waals surface area contributed by atoms with E-state index in [0.29, 0.717) is 11.4 Å². The molecule has 2 aromatic carbocycles. The van der Waals surface area contributed by atoms with Crippen LogP contribution in [0, 0.1) is 6.92 Å². The first kappa shape index (κ1) is 19.7. The molecule has 0 saturated carbocycles. The molecule has 0 radical (unpaired) electrons. The van der Waals surface area contributed by atoms with Crippen LogP contribution in [0.5, 0.6) is 5.75 Å². The van der Waals surface area contributed by atoms with Gasteiger partial charge in [0.15, 0.2) is 0 Å². The second-order valence-electron chi connectivity index (χ2n) is 6.56. The monoisotopic (exact) mass is 400 g/mol. The highest BCUT2D eigenvalue weighted by molar-refractivity contribution is 8.23. The van der Waals surface area contributed by atoms with E-state index >= 15 is 0 Å². The third-order valence-electron chi connectivity index (χ3n) is 4.54. The van der Waals surface area contributed by atoms with Gasteiger partial charge < -0.3 is 15.0 Å². The summed E-state index contributed by atoms with van der Waals surface area (Å²) in [6, 6.07) is 15.5. The summed E-state index contributed by atoms with van der Waals surface area (Å²) in [4.78, 5) is 15.4. The molecule has 1 atom stereocenters. The van der Waals surface area contributed by atoms with E-state index in [0.717, 1.165) is 41.4 Å². The van der Waals surface area contributed by atoms with E-state index in [4.69, 9.17) is 17.0 Å². The fourth-order valence-electron chi connectivity index (χ4n) is 3.09. The van der Waals surface area contributed by atoms with Crippen LogP contribution >= 0.6 is 24.0 Å². The Morgan fingerprint density at radius 1 is 1.19 bits per heavy atom. The molecule has 0 spiro atoms. The Balaban J connectivity index is 1.82.